The molecule has 0 spiro atoms. The maximum atomic E-state index is 5.97. The van der Waals surface area contributed by atoms with E-state index in [2.05, 4.69) is 10.2 Å². The Morgan fingerprint density at radius 2 is 1.95 bits per heavy atom. The van der Waals surface area contributed by atoms with Gasteiger partial charge in [-0.15, -0.1) is 10.2 Å². The van der Waals surface area contributed by atoms with Crippen LogP contribution in [0.25, 0.3) is 11.5 Å². The van der Waals surface area contributed by atoms with Crippen LogP contribution in [-0.2, 0) is 5.75 Å². The zero-order valence-electron chi connectivity index (χ0n) is 11.4. The predicted molar refractivity (Wildman–Crippen MR) is 85.5 cm³/mol. The molecule has 0 saturated heterocycles. The van der Waals surface area contributed by atoms with E-state index in [1.165, 1.54) is 11.8 Å². The van der Waals surface area contributed by atoms with Crippen LogP contribution < -0.4 is 0 Å². The van der Waals surface area contributed by atoms with Gasteiger partial charge in [-0.05, 0) is 36.2 Å². The average Bonchev–Trinajstić information content (AvgIpc) is 2.94. The Kier molecular flexibility index (Phi) is 4.27. The summed E-state index contributed by atoms with van der Waals surface area (Å²) in [5.41, 5.74) is 3.22. The minimum Gasteiger partial charge on any atom is -0.411 e. The number of aryl methyl sites for hydroxylation is 1. The first-order valence-corrected chi connectivity index (χ1v) is 7.85. The molecule has 0 aliphatic carbocycles. The van der Waals surface area contributed by atoms with Gasteiger partial charge in [0, 0.05) is 16.3 Å². The molecule has 0 unspecified atom stereocenters. The highest BCUT2D eigenvalue weighted by Gasteiger charge is 2.10. The molecule has 1 heterocycles. The molecule has 3 nitrogen and oxygen atoms in total. The summed E-state index contributed by atoms with van der Waals surface area (Å²) < 4.78 is 5.71. The zero-order valence-corrected chi connectivity index (χ0v) is 13.0. The van der Waals surface area contributed by atoms with Gasteiger partial charge in [0.15, 0.2) is 0 Å². The summed E-state index contributed by atoms with van der Waals surface area (Å²) in [5, 5.41) is 9.50. The lowest BCUT2D eigenvalue weighted by molar-refractivity contribution is 0.465. The van der Waals surface area contributed by atoms with Gasteiger partial charge in [-0.3, -0.25) is 0 Å². The van der Waals surface area contributed by atoms with Crippen molar-refractivity contribution >= 4 is 23.4 Å². The third-order valence-corrected chi connectivity index (χ3v) is 4.16. The van der Waals surface area contributed by atoms with Crippen LogP contribution in [0.2, 0.25) is 5.02 Å². The van der Waals surface area contributed by atoms with Crippen molar-refractivity contribution in [1.29, 1.82) is 0 Å². The van der Waals surface area contributed by atoms with Gasteiger partial charge in [-0.2, -0.15) is 0 Å². The predicted octanol–water partition coefficient (Wildman–Crippen LogP) is 4.99. The second-order valence-electron chi connectivity index (χ2n) is 4.61. The molecule has 0 aliphatic heterocycles. The molecule has 0 atom stereocenters. The van der Waals surface area contributed by atoms with E-state index in [-0.39, 0.29) is 0 Å². The summed E-state index contributed by atoms with van der Waals surface area (Å²) in [6.07, 6.45) is 0. The van der Waals surface area contributed by atoms with Crippen LogP contribution in [0.5, 0.6) is 0 Å². The minimum atomic E-state index is 0.557. The molecule has 0 N–H and O–H groups in total. The quantitative estimate of drug-likeness (QED) is 0.636. The first kappa shape index (κ1) is 14.2. The van der Waals surface area contributed by atoms with Crippen molar-refractivity contribution in [2.75, 3.05) is 0 Å². The van der Waals surface area contributed by atoms with Crippen molar-refractivity contribution in [1.82, 2.24) is 10.2 Å². The van der Waals surface area contributed by atoms with E-state index in [9.17, 15) is 0 Å². The van der Waals surface area contributed by atoms with E-state index in [0.717, 1.165) is 27.5 Å². The van der Waals surface area contributed by atoms with E-state index >= 15 is 0 Å². The molecule has 0 bridgehead atoms. The number of halogens is 1. The number of thioether (sulfide) groups is 1. The lowest BCUT2D eigenvalue weighted by Crippen LogP contribution is -1.81. The topological polar surface area (TPSA) is 38.9 Å². The molecule has 0 radical (unpaired) electrons. The average molecular weight is 317 g/mol. The number of rotatable bonds is 4. The summed E-state index contributed by atoms with van der Waals surface area (Å²) in [4.78, 5) is 0. The van der Waals surface area contributed by atoms with Gasteiger partial charge in [0.05, 0.1) is 0 Å². The largest absolute Gasteiger partial charge is 0.411 e. The van der Waals surface area contributed by atoms with Gasteiger partial charge < -0.3 is 4.42 Å². The molecule has 0 amide bonds. The zero-order chi connectivity index (χ0) is 14.7. The van der Waals surface area contributed by atoms with Crippen LogP contribution in [-0.4, -0.2) is 10.2 Å². The molecule has 0 fully saturated rings. The fourth-order valence-corrected chi connectivity index (χ4v) is 2.88. The summed E-state index contributed by atoms with van der Waals surface area (Å²) in [6, 6.07) is 15.7. The van der Waals surface area contributed by atoms with E-state index < -0.39 is 0 Å². The van der Waals surface area contributed by atoms with Crippen LogP contribution in [0.15, 0.2) is 58.2 Å². The molecule has 0 aliphatic rings. The van der Waals surface area contributed by atoms with E-state index in [1.54, 1.807) is 0 Å². The van der Waals surface area contributed by atoms with E-state index in [1.807, 2.05) is 55.5 Å². The summed E-state index contributed by atoms with van der Waals surface area (Å²) in [5.74, 6) is 1.30. The van der Waals surface area contributed by atoms with Crippen LogP contribution in [0.3, 0.4) is 0 Å². The standard InChI is InChI=1S/C16H13ClN2OS/c1-11-5-2-3-8-14(11)15-18-19-16(20-15)21-10-12-6-4-7-13(17)9-12/h2-9H,10H2,1H3. The Labute approximate surface area is 132 Å². The van der Waals surface area contributed by atoms with Crippen molar-refractivity contribution in [2.45, 2.75) is 17.9 Å². The third kappa shape index (κ3) is 3.46. The third-order valence-electron chi connectivity index (χ3n) is 3.03. The Morgan fingerprint density at radius 1 is 1.10 bits per heavy atom. The van der Waals surface area contributed by atoms with Gasteiger partial charge in [0.1, 0.15) is 0 Å². The Balaban J connectivity index is 1.72. The Bertz CT molecular complexity index is 757. The lowest BCUT2D eigenvalue weighted by atomic mass is 10.1. The van der Waals surface area contributed by atoms with Gasteiger partial charge >= 0.3 is 0 Å². The van der Waals surface area contributed by atoms with Gasteiger partial charge in [0.25, 0.3) is 5.22 Å². The molecule has 0 saturated carbocycles. The lowest BCUT2D eigenvalue weighted by Gasteiger charge is -1.99. The number of nitrogens with zero attached hydrogens (tertiary/aromatic N) is 2. The Morgan fingerprint density at radius 3 is 2.76 bits per heavy atom. The highest BCUT2D eigenvalue weighted by molar-refractivity contribution is 7.98. The normalized spacial score (nSPS) is 10.8. The monoisotopic (exact) mass is 316 g/mol. The summed E-state index contributed by atoms with van der Waals surface area (Å²) >= 11 is 7.47. The van der Waals surface area contributed by atoms with Crippen LogP contribution in [0.1, 0.15) is 11.1 Å². The molecular weight excluding hydrogens is 304 g/mol. The van der Waals surface area contributed by atoms with Crippen LogP contribution in [0.4, 0.5) is 0 Å². The van der Waals surface area contributed by atoms with Crippen molar-refractivity contribution in [3.05, 3.63) is 64.7 Å². The first-order valence-electron chi connectivity index (χ1n) is 6.49. The van der Waals surface area contributed by atoms with Crippen LogP contribution >= 0.6 is 23.4 Å². The second kappa shape index (κ2) is 6.33. The van der Waals surface area contributed by atoms with Crippen LogP contribution in [0, 0.1) is 6.92 Å². The molecule has 2 aromatic carbocycles. The molecule has 3 rings (SSSR count). The fraction of sp³-hybridized carbons (Fsp3) is 0.125. The SMILES string of the molecule is Cc1ccccc1-c1nnc(SCc2cccc(Cl)c2)o1. The van der Waals surface area contributed by atoms with Crippen molar-refractivity contribution in [2.24, 2.45) is 0 Å². The molecule has 106 valence electrons. The number of benzene rings is 2. The van der Waals surface area contributed by atoms with E-state index in [4.69, 9.17) is 16.0 Å². The second-order valence-corrected chi connectivity index (χ2v) is 5.97. The molecule has 3 aromatic rings. The van der Waals surface area contributed by atoms with Gasteiger partial charge in [0.2, 0.25) is 5.89 Å². The number of aromatic nitrogens is 2. The maximum absolute atomic E-state index is 5.97. The smallest absolute Gasteiger partial charge is 0.277 e. The molecule has 1 aromatic heterocycles. The fourth-order valence-electron chi connectivity index (χ4n) is 1.96. The van der Waals surface area contributed by atoms with Gasteiger partial charge in [-0.1, -0.05) is 53.7 Å². The summed E-state index contributed by atoms with van der Waals surface area (Å²) in [7, 11) is 0. The molecule has 5 heteroatoms. The molecular formula is C16H13ClN2OS. The number of hydrogen-bond acceptors (Lipinski definition) is 4. The highest BCUT2D eigenvalue weighted by Crippen LogP contribution is 2.27. The maximum Gasteiger partial charge on any atom is 0.277 e. The van der Waals surface area contributed by atoms with Gasteiger partial charge in [-0.25, -0.2) is 0 Å². The highest BCUT2D eigenvalue weighted by atomic mass is 35.5. The summed E-state index contributed by atoms with van der Waals surface area (Å²) in [6.45, 7) is 2.03. The van der Waals surface area contributed by atoms with Crippen molar-refractivity contribution < 1.29 is 4.42 Å². The molecule has 21 heavy (non-hydrogen) atoms. The number of hydrogen-bond donors (Lipinski definition) is 0. The van der Waals surface area contributed by atoms with Crippen molar-refractivity contribution in [3.8, 4) is 11.5 Å². The van der Waals surface area contributed by atoms with Crippen molar-refractivity contribution in [3.63, 3.8) is 0 Å². The van der Waals surface area contributed by atoms with E-state index in [0.29, 0.717) is 11.1 Å². The first-order chi connectivity index (χ1) is 10.2. The minimum absolute atomic E-state index is 0.557. The Hall–Kier alpha value is -1.78.